The van der Waals surface area contributed by atoms with Crippen molar-refractivity contribution in [3.8, 4) is 0 Å². The van der Waals surface area contributed by atoms with E-state index in [-0.39, 0.29) is 5.91 Å². The molecule has 3 heteroatoms. The summed E-state index contributed by atoms with van der Waals surface area (Å²) in [6.07, 6.45) is 6.92. The van der Waals surface area contributed by atoms with Crippen LogP contribution in [0, 0.1) is 5.92 Å². The zero-order chi connectivity index (χ0) is 9.84. The van der Waals surface area contributed by atoms with Gasteiger partial charge in [0.05, 0.1) is 0 Å². The van der Waals surface area contributed by atoms with Gasteiger partial charge in [0.25, 0.3) is 5.91 Å². The van der Waals surface area contributed by atoms with Gasteiger partial charge in [0.2, 0.25) is 6.41 Å². The average molecular weight is 179 g/mol. The lowest BCUT2D eigenvalue weighted by molar-refractivity contribution is -0.133. The van der Waals surface area contributed by atoms with Gasteiger partial charge in [-0.25, -0.2) is 0 Å². The fraction of sp³-hybridized carbons (Fsp3) is 0.400. The summed E-state index contributed by atoms with van der Waals surface area (Å²) in [6, 6.07) is 0. The van der Waals surface area contributed by atoms with Crippen LogP contribution in [0.4, 0.5) is 0 Å². The fourth-order valence-electron chi connectivity index (χ4n) is 1.28. The molecule has 13 heavy (non-hydrogen) atoms. The maximum Gasteiger partial charge on any atom is 0.255 e. The molecule has 1 rings (SSSR count). The Bertz CT molecular complexity index is 279. The van der Waals surface area contributed by atoms with Crippen LogP contribution >= 0.6 is 0 Å². The molecule has 70 valence electrons. The molecule has 0 radical (unpaired) electrons. The van der Waals surface area contributed by atoms with Crippen molar-refractivity contribution >= 4 is 12.3 Å². The molecule has 0 aliphatic heterocycles. The van der Waals surface area contributed by atoms with Gasteiger partial charge >= 0.3 is 0 Å². The second-order valence-electron chi connectivity index (χ2n) is 3.28. The zero-order valence-corrected chi connectivity index (χ0v) is 7.86. The monoisotopic (exact) mass is 179 g/mol. The number of allylic oxidation sites excluding steroid dienone is 3. The first-order valence-corrected chi connectivity index (χ1v) is 4.25. The summed E-state index contributed by atoms with van der Waals surface area (Å²) < 4.78 is 0. The Morgan fingerprint density at radius 2 is 2.38 bits per heavy atom. The van der Waals surface area contributed by atoms with E-state index in [9.17, 15) is 9.59 Å². The van der Waals surface area contributed by atoms with Crippen molar-refractivity contribution in [2.24, 2.45) is 5.92 Å². The molecule has 0 aromatic rings. The first-order valence-electron chi connectivity index (χ1n) is 4.25. The first kappa shape index (κ1) is 9.71. The minimum absolute atomic E-state index is 0.203. The van der Waals surface area contributed by atoms with Gasteiger partial charge in [0.15, 0.2) is 0 Å². The lowest BCUT2D eigenvalue weighted by Crippen LogP contribution is -2.27. The van der Waals surface area contributed by atoms with Crippen molar-refractivity contribution in [3.05, 3.63) is 23.8 Å². The van der Waals surface area contributed by atoms with E-state index in [2.05, 4.69) is 0 Å². The van der Waals surface area contributed by atoms with Crippen LogP contribution in [0.3, 0.4) is 0 Å². The Labute approximate surface area is 77.7 Å². The van der Waals surface area contributed by atoms with E-state index in [1.807, 2.05) is 19.1 Å². The molecule has 2 amide bonds. The van der Waals surface area contributed by atoms with E-state index >= 15 is 0 Å². The first-order chi connectivity index (χ1) is 6.15. The van der Waals surface area contributed by atoms with Crippen LogP contribution in [-0.2, 0) is 9.59 Å². The molecule has 0 saturated carbocycles. The van der Waals surface area contributed by atoms with Crippen molar-refractivity contribution in [3.63, 3.8) is 0 Å². The number of likely N-dealkylation sites (N-methyl/N-ethyl adjacent to an activating group) is 1. The molecule has 1 aliphatic carbocycles. The van der Waals surface area contributed by atoms with Crippen LogP contribution in [-0.4, -0.2) is 24.3 Å². The standard InChI is InChI=1S/C10H13NO2/c1-8-4-3-5-9(6-8)10(13)11(2)7-12/h3-5,7-8H,6H2,1-2H3/t8-/m0/s1. The average Bonchev–Trinajstić information content (AvgIpc) is 2.15. The number of imide groups is 1. The molecule has 3 nitrogen and oxygen atoms in total. The minimum Gasteiger partial charge on any atom is -0.285 e. The van der Waals surface area contributed by atoms with Gasteiger partial charge in [0.1, 0.15) is 0 Å². The molecule has 1 aliphatic rings. The summed E-state index contributed by atoms with van der Waals surface area (Å²) in [5, 5.41) is 0. The van der Waals surface area contributed by atoms with Crippen molar-refractivity contribution in [1.82, 2.24) is 4.90 Å². The molecular formula is C10H13NO2. The Balaban J connectivity index is 2.72. The van der Waals surface area contributed by atoms with Gasteiger partial charge in [0, 0.05) is 12.6 Å². The van der Waals surface area contributed by atoms with Crippen molar-refractivity contribution in [1.29, 1.82) is 0 Å². The maximum atomic E-state index is 11.5. The number of amides is 2. The van der Waals surface area contributed by atoms with Crippen LogP contribution < -0.4 is 0 Å². The molecule has 0 spiro atoms. The highest BCUT2D eigenvalue weighted by Gasteiger charge is 2.16. The van der Waals surface area contributed by atoms with Crippen LogP contribution in [0.1, 0.15) is 13.3 Å². The Morgan fingerprint density at radius 1 is 1.69 bits per heavy atom. The maximum absolute atomic E-state index is 11.5. The van der Waals surface area contributed by atoms with E-state index in [1.165, 1.54) is 7.05 Å². The summed E-state index contributed by atoms with van der Waals surface area (Å²) in [6.45, 7) is 2.04. The fourth-order valence-corrected chi connectivity index (χ4v) is 1.28. The molecule has 0 saturated heterocycles. The van der Waals surface area contributed by atoms with E-state index < -0.39 is 0 Å². The summed E-state index contributed by atoms with van der Waals surface area (Å²) in [5.74, 6) is 0.176. The lowest BCUT2D eigenvalue weighted by Gasteiger charge is -2.16. The van der Waals surface area contributed by atoms with E-state index in [0.29, 0.717) is 24.3 Å². The molecule has 0 aromatic heterocycles. The third-order valence-corrected chi connectivity index (χ3v) is 2.03. The number of hydrogen-bond acceptors (Lipinski definition) is 2. The molecule has 0 fully saturated rings. The third-order valence-electron chi connectivity index (χ3n) is 2.03. The van der Waals surface area contributed by atoms with Gasteiger partial charge in [-0.05, 0) is 12.3 Å². The largest absolute Gasteiger partial charge is 0.285 e. The smallest absolute Gasteiger partial charge is 0.255 e. The third kappa shape index (κ3) is 2.28. The highest BCUT2D eigenvalue weighted by Crippen LogP contribution is 2.18. The molecule has 0 unspecified atom stereocenters. The summed E-state index contributed by atoms with van der Waals surface area (Å²) >= 11 is 0. The van der Waals surface area contributed by atoms with Gasteiger partial charge in [-0.15, -0.1) is 0 Å². The Morgan fingerprint density at radius 3 is 2.92 bits per heavy atom. The molecule has 0 heterocycles. The van der Waals surface area contributed by atoms with Gasteiger partial charge in [-0.2, -0.15) is 0 Å². The Hall–Kier alpha value is -1.38. The van der Waals surface area contributed by atoms with Crippen molar-refractivity contribution < 1.29 is 9.59 Å². The van der Waals surface area contributed by atoms with E-state index in [1.54, 1.807) is 6.08 Å². The predicted octanol–water partition coefficient (Wildman–Crippen LogP) is 1.12. The normalized spacial score (nSPS) is 20.8. The SMILES string of the molecule is C[C@H]1C=CC=C(C(=O)N(C)C=O)C1. The van der Waals surface area contributed by atoms with Gasteiger partial charge < -0.3 is 0 Å². The Kier molecular flexibility index (Phi) is 3.01. The topological polar surface area (TPSA) is 37.4 Å². The van der Waals surface area contributed by atoms with Gasteiger partial charge in [-0.3, -0.25) is 14.5 Å². The number of carbonyl (C=O) groups is 2. The van der Waals surface area contributed by atoms with Crippen LogP contribution in [0.2, 0.25) is 0 Å². The van der Waals surface area contributed by atoms with E-state index in [4.69, 9.17) is 0 Å². The summed E-state index contributed by atoms with van der Waals surface area (Å²) in [7, 11) is 1.47. The minimum atomic E-state index is -0.203. The van der Waals surface area contributed by atoms with Crippen LogP contribution in [0.25, 0.3) is 0 Å². The number of carbonyl (C=O) groups excluding carboxylic acids is 2. The van der Waals surface area contributed by atoms with E-state index in [0.717, 1.165) is 4.90 Å². The quantitative estimate of drug-likeness (QED) is 0.596. The number of nitrogens with zero attached hydrogens (tertiary/aromatic N) is 1. The molecule has 0 aromatic carbocycles. The van der Waals surface area contributed by atoms with Crippen molar-refractivity contribution in [2.75, 3.05) is 7.05 Å². The second kappa shape index (κ2) is 4.03. The van der Waals surface area contributed by atoms with Crippen molar-refractivity contribution in [2.45, 2.75) is 13.3 Å². The molecule has 0 N–H and O–H groups in total. The van der Waals surface area contributed by atoms with Crippen LogP contribution in [0.15, 0.2) is 23.8 Å². The number of hydrogen-bond donors (Lipinski definition) is 0. The second-order valence-corrected chi connectivity index (χ2v) is 3.28. The summed E-state index contributed by atoms with van der Waals surface area (Å²) in [5.41, 5.74) is 0.699. The highest BCUT2D eigenvalue weighted by molar-refractivity contribution is 5.99. The predicted molar refractivity (Wildman–Crippen MR) is 49.8 cm³/mol. The lowest BCUT2D eigenvalue weighted by atomic mass is 9.95. The zero-order valence-electron chi connectivity index (χ0n) is 7.86. The number of rotatable bonds is 2. The molecule has 1 atom stereocenters. The van der Waals surface area contributed by atoms with Crippen LogP contribution in [0.5, 0.6) is 0 Å². The summed E-state index contributed by atoms with van der Waals surface area (Å²) in [4.78, 5) is 22.9. The van der Waals surface area contributed by atoms with Gasteiger partial charge in [-0.1, -0.05) is 25.2 Å². The highest BCUT2D eigenvalue weighted by atomic mass is 16.2. The molecular weight excluding hydrogens is 166 g/mol. The molecule has 0 bridgehead atoms.